The molecule has 0 unspecified atom stereocenters. The van der Waals surface area contributed by atoms with Gasteiger partial charge in [0.05, 0.1) is 0 Å². The van der Waals surface area contributed by atoms with E-state index in [-0.39, 0.29) is 5.82 Å². The number of nitrogens with two attached hydrogens (primary N) is 1. The number of anilines is 1. The molecule has 0 heterocycles. The summed E-state index contributed by atoms with van der Waals surface area (Å²) in [5.74, 6) is -0.338. The lowest BCUT2D eigenvalue weighted by Gasteiger charge is -2.10. The summed E-state index contributed by atoms with van der Waals surface area (Å²) in [7, 11) is 0. The molecule has 0 fully saturated rings. The van der Waals surface area contributed by atoms with Crippen molar-refractivity contribution in [1.29, 1.82) is 0 Å². The third kappa shape index (κ3) is 2.40. The Bertz CT molecular complexity index is 444. The van der Waals surface area contributed by atoms with Crippen molar-refractivity contribution in [2.45, 2.75) is 13.3 Å². The molecular formula is C14H16FN. The molecule has 0 bridgehead atoms. The summed E-state index contributed by atoms with van der Waals surface area (Å²) >= 11 is 0. The van der Waals surface area contributed by atoms with Crippen LogP contribution in [0.2, 0.25) is 0 Å². The Labute approximate surface area is 95.8 Å². The number of rotatable bonds is 4. The standard InChI is InChI=1S/C14H16FN/c1-4-7-10(5-2)14-11(6-3)8-12(16)9-13(14)15/h5-9H,2-4,16H2,1H3/b10-7+. The van der Waals surface area contributed by atoms with Gasteiger partial charge >= 0.3 is 0 Å². The number of allylic oxidation sites excluding steroid dienone is 3. The lowest BCUT2D eigenvalue weighted by molar-refractivity contribution is 0.624. The summed E-state index contributed by atoms with van der Waals surface area (Å²) in [4.78, 5) is 0. The molecule has 0 spiro atoms. The third-order valence-electron chi connectivity index (χ3n) is 2.30. The number of benzene rings is 1. The fourth-order valence-electron chi connectivity index (χ4n) is 1.62. The molecule has 1 aromatic rings. The van der Waals surface area contributed by atoms with Crippen molar-refractivity contribution in [3.63, 3.8) is 0 Å². The highest BCUT2D eigenvalue weighted by Crippen LogP contribution is 2.27. The Morgan fingerprint density at radius 1 is 1.44 bits per heavy atom. The highest BCUT2D eigenvalue weighted by Gasteiger charge is 2.10. The second-order valence-corrected chi connectivity index (χ2v) is 3.44. The van der Waals surface area contributed by atoms with E-state index in [1.807, 2.05) is 13.0 Å². The predicted molar refractivity (Wildman–Crippen MR) is 69.4 cm³/mol. The third-order valence-corrected chi connectivity index (χ3v) is 2.30. The maximum absolute atomic E-state index is 13.8. The van der Waals surface area contributed by atoms with E-state index in [0.717, 1.165) is 12.0 Å². The van der Waals surface area contributed by atoms with Crippen LogP contribution in [0.4, 0.5) is 10.1 Å². The molecule has 84 valence electrons. The van der Waals surface area contributed by atoms with Crippen molar-refractivity contribution in [3.05, 3.63) is 54.4 Å². The molecule has 0 aliphatic heterocycles. The maximum atomic E-state index is 13.8. The Hall–Kier alpha value is -1.83. The molecule has 2 N–H and O–H groups in total. The highest BCUT2D eigenvalue weighted by atomic mass is 19.1. The highest BCUT2D eigenvalue weighted by molar-refractivity contribution is 5.81. The number of hydrogen-bond donors (Lipinski definition) is 1. The van der Waals surface area contributed by atoms with Crippen LogP contribution in [0.3, 0.4) is 0 Å². The van der Waals surface area contributed by atoms with Crippen molar-refractivity contribution in [1.82, 2.24) is 0 Å². The molecule has 0 saturated heterocycles. The van der Waals surface area contributed by atoms with Gasteiger partial charge in [-0.05, 0) is 29.7 Å². The lowest BCUT2D eigenvalue weighted by Crippen LogP contribution is -1.96. The molecule has 2 heteroatoms. The van der Waals surface area contributed by atoms with E-state index in [9.17, 15) is 4.39 Å². The smallest absolute Gasteiger partial charge is 0.133 e. The van der Waals surface area contributed by atoms with Crippen LogP contribution < -0.4 is 5.73 Å². The second-order valence-electron chi connectivity index (χ2n) is 3.44. The van der Waals surface area contributed by atoms with Gasteiger partial charge in [-0.25, -0.2) is 4.39 Å². The van der Waals surface area contributed by atoms with Crippen LogP contribution >= 0.6 is 0 Å². The molecule has 0 aromatic heterocycles. The molecule has 0 saturated carbocycles. The molecule has 1 nitrogen and oxygen atoms in total. The van der Waals surface area contributed by atoms with Crippen molar-refractivity contribution >= 4 is 17.3 Å². The van der Waals surface area contributed by atoms with Crippen LogP contribution in [0.5, 0.6) is 0 Å². The molecular weight excluding hydrogens is 201 g/mol. The first-order chi connectivity index (χ1) is 7.63. The van der Waals surface area contributed by atoms with Crippen LogP contribution in [-0.2, 0) is 0 Å². The molecule has 0 aliphatic rings. The molecule has 0 atom stereocenters. The van der Waals surface area contributed by atoms with Crippen molar-refractivity contribution in [3.8, 4) is 0 Å². The predicted octanol–water partition coefficient (Wildman–Crippen LogP) is 4.03. The number of nitrogen functional groups attached to an aromatic ring is 1. The SMILES string of the molecule is C=C/C(=C\CC)c1c(F)cc(N)cc1C=C. The van der Waals surface area contributed by atoms with Gasteiger partial charge in [-0.3, -0.25) is 0 Å². The summed E-state index contributed by atoms with van der Waals surface area (Å²) in [5, 5.41) is 0. The first kappa shape index (κ1) is 12.2. The Balaban J connectivity index is 3.47. The van der Waals surface area contributed by atoms with E-state index in [0.29, 0.717) is 16.8 Å². The fraction of sp³-hybridized carbons (Fsp3) is 0.143. The van der Waals surface area contributed by atoms with Crippen LogP contribution in [-0.4, -0.2) is 0 Å². The first-order valence-corrected chi connectivity index (χ1v) is 5.18. The normalized spacial score (nSPS) is 11.2. The van der Waals surface area contributed by atoms with Gasteiger partial charge < -0.3 is 5.73 Å². The molecule has 16 heavy (non-hydrogen) atoms. The van der Waals surface area contributed by atoms with Gasteiger partial charge in [-0.15, -0.1) is 0 Å². The topological polar surface area (TPSA) is 26.0 Å². The van der Waals surface area contributed by atoms with Gasteiger partial charge in [0.25, 0.3) is 0 Å². The van der Waals surface area contributed by atoms with Crippen molar-refractivity contribution < 1.29 is 4.39 Å². The lowest BCUT2D eigenvalue weighted by atomic mass is 9.97. The Kier molecular flexibility index (Phi) is 4.06. The zero-order valence-electron chi connectivity index (χ0n) is 9.46. The van der Waals surface area contributed by atoms with Gasteiger partial charge in [-0.1, -0.05) is 38.3 Å². The van der Waals surface area contributed by atoms with E-state index in [1.54, 1.807) is 18.2 Å². The molecule has 1 aromatic carbocycles. The minimum atomic E-state index is -0.338. The van der Waals surface area contributed by atoms with E-state index in [4.69, 9.17) is 5.73 Å². The largest absolute Gasteiger partial charge is 0.399 e. The van der Waals surface area contributed by atoms with Gasteiger partial charge in [0.2, 0.25) is 0 Å². The van der Waals surface area contributed by atoms with E-state index in [2.05, 4.69) is 13.2 Å². The van der Waals surface area contributed by atoms with Gasteiger partial charge in [0, 0.05) is 11.3 Å². The average molecular weight is 217 g/mol. The maximum Gasteiger partial charge on any atom is 0.133 e. The van der Waals surface area contributed by atoms with Crippen LogP contribution in [0, 0.1) is 5.82 Å². The summed E-state index contributed by atoms with van der Waals surface area (Å²) in [6.45, 7) is 9.35. The molecule has 0 radical (unpaired) electrons. The fourth-order valence-corrected chi connectivity index (χ4v) is 1.62. The minimum absolute atomic E-state index is 0.338. The van der Waals surface area contributed by atoms with Crippen LogP contribution in [0.1, 0.15) is 24.5 Å². The van der Waals surface area contributed by atoms with E-state index in [1.165, 1.54) is 6.07 Å². The number of halogens is 1. The van der Waals surface area contributed by atoms with Crippen molar-refractivity contribution in [2.75, 3.05) is 5.73 Å². The van der Waals surface area contributed by atoms with Gasteiger partial charge in [0.15, 0.2) is 0 Å². The van der Waals surface area contributed by atoms with Gasteiger partial charge in [-0.2, -0.15) is 0 Å². The summed E-state index contributed by atoms with van der Waals surface area (Å²) in [6, 6.07) is 3.02. The first-order valence-electron chi connectivity index (χ1n) is 5.18. The minimum Gasteiger partial charge on any atom is -0.399 e. The molecule has 1 rings (SSSR count). The second kappa shape index (κ2) is 5.31. The number of hydrogen-bond acceptors (Lipinski definition) is 1. The van der Waals surface area contributed by atoms with E-state index >= 15 is 0 Å². The van der Waals surface area contributed by atoms with Gasteiger partial charge in [0.1, 0.15) is 5.82 Å². The zero-order valence-corrected chi connectivity index (χ0v) is 9.46. The molecule has 0 amide bonds. The monoisotopic (exact) mass is 217 g/mol. The summed E-state index contributed by atoms with van der Waals surface area (Å²) in [6.07, 6.45) is 5.99. The quantitative estimate of drug-likeness (QED) is 0.598. The van der Waals surface area contributed by atoms with E-state index < -0.39 is 0 Å². The summed E-state index contributed by atoms with van der Waals surface area (Å²) in [5.41, 5.74) is 7.97. The molecule has 0 aliphatic carbocycles. The summed E-state index contributed by atoms with van der Waals surface area (Å²) < 4.78 is 13.8. The Morgan fingerprint density at radius 2 is 2.12 bits per heavy atom. The van der Waals surface area contributed by atoms with Crippen molar-refractivity contribution in [2.24, 2.45) is 0 Å². The zero-order chi connectivity index (χ0) is 12.1. The Morgan fingerprint density at radius 3 is 2.62 bits per heavy atom. The van der Waals surface area contributed by atoms with Crippen LogP contribution in [0.25, 0.3) is 11.6 Å². The average Bonchev–Trinajstić information content (AvgIpc) is 2.25. The van der Waals surface area contributed by atoms with Crippen LogP contribution in [0.15, 0.2) is 37.4 Å².